The van der Waals surface area contributed by atoms with Crippen LogP contribution in [-0.4, -0.2) is 31.4 Å². The fraction of sp³-hybridized carbons (Fsp3) is 0.278. The van der Waals surface area contributed by atoms with Crippen LogP contribution in [0.1, 0.15) is 39.9 Å². The Bertz CT molecular complexity index is 1130. The van der Waals surface area contributed by atoms with Crippen molar-refractivity contribution < 1.29 is 9.59 Å². The van der Waals surface area contributed by atoms with Crippen molar-refractivity contribution in [2.24, 2.45) is 7.05 Å². The summed E-state index contributed by atoms with van der Waals surface area (Å²) in [6, 6.07) is 6.71. The largest absolute Gasteiger partial charge is 0.290 e. The number of carbonyl (C=O) groups is 2. The smallest absolute Gasteiger partial charge is 0.267 e. The molecule has 9 nitrogen and oxygen atoms in total. The Morgan fingerprint density at radius 3 is 2.36 bits per heavy atom. The number of hydrogen-bond donors (Lipinski definition) is 2. The van der Waals surface area contributed by atoms with Crippen molar-refractivity contribution in [2.75, 3.05) is 0 Å². The zero-order valence-corrected chi connectivity index (χ0v) is 16.4. The highest BCUT2D eigenvalue weighted by Crippen LogP contribution is 2.18. The number of aromatic nitrogens is 4. The first-order valence-corrected chi connectivity index (χ1v) is 9.02. The lowest BCUT2D eigenvalue weighted by Gasteiger charge is -2.11. The van der Waals surface area contributed by atoms with Crippen LogP contribution in [0.2, 0.25) is 5.15 Å². The molecule has 0 atom stereocenters. The third-order valence-electron chi connectivity index (χ3n) is 4.19. The molecule has 2 heterocycles. The molecule has 2 amide bonds. The van der Waals surface area contributed by atoms with Gasteiger partial charge in [-0.25, -0.2) is 4.68 Å². The highest BCUT2D eigenvalue weighted by atomic mass is 35.5. The molecule has 0 unspecified atom stereocenters. The molecule has 0 radical (unpaired) electrons. The number of hydrogen-bond acceptors (Lipinski definition) is 5. The van der Waals surface area contributed by atoms with E-state index in [1.807, 2.05) is 6.92 Å². The second-order valence-electron chi connectivity index (χ2n) is 6.21. The van der Waals surface area contributed by atoms with Crippen molar-refractivity contribution in [1.82, 2.24) is 30.4 Å². The molecule has 146 valence electrons. The summed E-state index contributed by atoms with van der Waals surface area (Å²) in [4.78, 5) is 37.6. The molecule has 2 aromatic heterocycles. The second kappa shape index (κ2) is 7.81. The van der Waals surface area contributed by atoms with Crippen LogP contribution in [-0.2, 0) is 13.6 Å². The molecule has 0 aliphatic heterocycles. The van der Waals surface area contributed by atoms with Crippen molar-refractivity contribution in [3.05, 3.63) is 56.7 Å². The minimum absolute atomic E-state index is 0.0398. The molecule has 2 N–H and O–H groups in total. The van der Waals surface area contributed by atoms with Crippen molar-refractivity contribution in [2.45, 2.75) is 26.8 Å². The van der Waals surface area contributed by atoms with Crippen LogP contribution < -0.4 is 16.4 Å². The first kappa shape index (κ1) is 19.6. The van der Waals surface area contributed by atoms with Gasteiger partial charge in [0.25, 0.3) is 17.4 Å². The zero-order chi connectivity index (χ0) is 20.4. The third-order valence-corrected chi connectivity index (χ3v) is 4.62. The Hall–Kier alpha value is -3.20. The van der Waals surface area contributed by atoms with Gasteiger partial charge in [-0.3, -0.25) is 29.9 Å². The van der Waals surface area contributed by atoms with Gasteiger partial charge in [-0.2, -0.15) is 10.2 Å². The van der Waals surface area contributed by atoms with Crippen LogP contribution in [0.25, 0.3) is 10.8 Å². The number of carbonyl (C=O) groups excluding carboxylic acids is 2. The minimum Gasteiger partial charge on any atom is -0.267 e. The quantitative estimate of drug-likeness (QED) is 0.643. The van der Waals surface area contributed by atoms with Gasteiger partial charge in [0.15, 0.2) is 5.69 Å². The number of benzene rings is 1. The second-order valence-corrected chi connectivity index (χ2v) is 6.56. The molecule has 0 aliphatic carbocycles. The SMILES string of the molecule is CCCn1nc(C(=O)NNC(=O)c2c(C)nn(C)c2Cl)c2ccccc2c1=O. The summed E-state index contributed by atoms with van der Waals surface area (Å²) in [5.41, 5.74) is 5.02. The molecule has 0 bridgehead atoms. The Balaban J connectivity index is 1.90. The van der Waals surface area contributed by atoms with Gasteiger partial charge in [-0.15, -0.1) is 0 Å². The van der Waals surface area contributed by atoms with E-state index in [1.54, 1.807) is 38.2 Å². The minimum atomic E-state index is -0.646. The summed E-state index contributed by atoms with van der Waals surface area (Å²) in [6.07, 6.45) is 0.682. The molecule has 10 heteroatoms. The van der Waals surface area contributed by atoms with Crippen LogP contribution in [0.3, 0.4) is 0 Å². The van der Waals surface area contributed by atoms with Crippen LogP contribution >= 0.6 is 11.6 Å². The summed E-state index contributed by atoms with van der Waals surface area (Å²) in [6.45, 7) is 3.92. The van der Waals surface area contributed by atoms with Gasteiger partial charge in [0, 0.05) is 19.0 Å². The van der Waals surface area contributed by atoms with E-state index in [0.29, 0.717) is 29.4 Å². The van der Waals surface area contributed by atoms with Crippen molar-refractivity contribution in [1.29, 1.82) is 0 Å². The lowest BCUT2D eigenvalue weighted by atomic mass is 10.1. The van der Waals surface area contributed by atoms with Crippen molar-refractivity contribution >= 4 is 34.2 Å². The van der Waals surface area contributed by atoms with E-state index in [4.69, 9.17) is 11.6 Å². The van der Waals surface area contributed by atoms with E-state index in [2.05, 4.69) is 21.0 Å². The zero-order valence-electron chi connectivity index (χ0n) is 15.6. The normalized spacial score (nSPS) is 10.9. The average molecular weight is 403 g/mol. The number of rotatable bonds is 4. The van der Waals surface area contributed by atoms with E-state index in [1.165, 1.54) is 9.36 Å². The maximum atomic E-state index is 12.7. The standard InChI is InChI=1S/C18H19ClN6O3/c1-4-9-25-18(28)12-8-6-5-7-11(12)14(23-25)17(27)21-20-16(26)13-10(2)22-24(3)15(13)19/h5-8H,4,9H2,1-3H3,(H,20,26)(H,21,27). The van der Waals surface area contributed by atoms with E-state index < -0.39 is 11.8 Å². The molecule has 0 saturated heterocycles. The average Bonchev–Trinajstić information content (AvgIpc) is 2.93. The van der Waals surface area contributed by atoms with Crippen LogP contribution in [0.15, 0.2) is 29.1 Å². The predicted molar refractivity (Wildman–Crippen MR) is 104 cm³/mol. The summed E-state index contributed by atoms with van der Waals surface area (Å²) in [5, 5.41) is 9.18. The van der Waals surface area contributed by atoms with Gasteiger partial charge in [0.05, 0.1) is 11.1 Å². The van der Waals surface area contributed by atoms with E-state index in [9.17, 15) is 14.4 Å². The number of nitrogens with zero attached hydrogens (tertiary/aromatic N) is 4. The van der Waals surface area contributed by atoms with E-state index in [0.717, 1.165) is 0 Å². The maximum Gasteiger partial charge on any atom is 0.290 e. The molecule has 0 aliphatic rings. The van der Waals surface area contributed by atoms with E-state index >= 15 is 0 Å². The molecule has 3 rings (SSSR count). The van der Waals surface area contributed by atoms with Crippen LogP contribution in [0.4, 0.5) is 0 Å². The Morgan fingerprint density at radius 1 is 1.11 bits per heavy atom. The lowest BCUT2D eigenvalue weighted by Crippen LogP contribution is -2.43. The van der Waals surface area contributed by atoms with Gasteiger partial charge in [-0.05, 0) is 19.4 Å². The maximum absolute atomic E-state index is 12.7. The summed E-state index contributed by atoms with van der Waals surface area (Å²) >= 11 is 6.07. The van der Waals surface area contributed by atoms with Crippen LogP contribution in [0.5, 0.6) is 0 Å². The predicted octanol–water partition coefficient (Wildman–Crippen LogP) is 1.58. The van der Waals surface area contributed by atoms with Gasteiger partial charge in [0.1, 0.15) is 10.7 Å². The molecular weight excluding hydrogens is 384 g/mol. The summed E-state index contributed by atoms with van der Waals surface area (Å²) < 4.78 is 2.62. The number of hydrazine groups is 1. The lowest BCUT2D eigenvalue weighted by molar-refractivity contribution is 0.0843. The van der Waals surface area contributed by atoms with Gasteiger partial charge in [0.2, 0.25) is 0 Å². The molecule has 28 heavy (non-hydrogen) atoms. The highest BCUT2D eigenvalue weighted by Gasteiger charge is 2.21. The fourth-order valence-corrected chi connectivity index (χ4v) is 3.15. The number of amides is 2. The van der Waals surface area contributed by atoms with Gasteiger partial charge < -0.3 is 0 Å². The Labute approximate surface area is 165 Å². The first-order valence-electron chi connectivity index (χ1n) is 8.64. The number of halogens is 1. The topological polar surface area (TPSA) is 111 Å². The molecule has 0 fully saturated rings. The number of fused-ring (bicyclic) bond motifs is 1. The first-order chi connectivity index (χ1) is 13.3. The third kappa shape index (κ3) is 3.48. The highest BCUT2D eigenvalue weighted by molar-refractivity contribution is 6.33. The summed E-state index contributed by atoms with van der Waals surface area (Å²) in [5.74, 6) is -1.25. The van der Waals surface area contributed by atoms with Gasteiger partial charge in [-0.1, -0.05) is 36.7 Å². The van der Waals surface area contributed by atoms with E-state index in [-0.39, 0.29) is 22.0 Å². The molecule has 1 aromatic carbocycles. The molecule has 0 spiro atoms. The summed E-state index contributed by atoms with van der Waals surface area (Å²) in [7, 11) is 1.61. The number of nitrogens with one attached hydrogen (secondary N) is 2. The Morgan fingerprint density at radius 2 is 1.75 bits per heavy atom. The monoisotopic (exact) mass is 402 g/mol. The number of aryl methyl sites for hydroxylation is 3. The van der Waals surface area contributed by atoms with Crippen molar-refractivity contribution in [3.8, 4) is 0 Å². The molecule has 3 aromatic rings. The molecular formula is C18H19ClN6O3. The molecule has 0 saturated carbocycles. The Kier molecular flexibility index (Phi) is 5.46. The fourth-order valence-electron chi connectivity index (χ4n) is 2.89. The van der Waals surface area contributed by atoms with Crippen LogP contribution in [0, 0.1) is 6.92 Å². The van der Waals surface area contributed by atoms with Crippen molar-refractivity contribution in [3.63, 3.8) is 0 Å². The van der Waals surface area contributed by atoms with Gasteiger partial charge >= 0.3 is 0 Å².